The fourth-order valence-corrected chi connectivity index (χ4v) is 8.94. The van der Waals surface area contributed by atoms with E-state index in [1.54, 1.807) is 23.1 Å². The molecule has 0 unspecified atom stereocenters. The molecule has 2 bridgehead atoms. The van der Waals surface area contributed by atoms with Gasteiger partial charge < -0.3 is 19.9 Å². The Morgan fingerprint density at radius 3 is 2.77 bits per heavy atom. The zero-order valence-corrected chi connectivity index (χ0v) is 25.6. The van der Waals surface area contributed by atoms with Gasteiger partial charge in [-0.2, -0.15) is 5.26 Å². The van der Waals surface area contributed by atoms with E-state index in [1.807, 2.05) is 12.3 Å². The lowest BCUT2D eigenvalue weighted by molar-refractivity contribution is 0.123. The lowest BCUT2D eigenvalue weighted by atomic mass is 9.79. The number of aromatic nitrogens is 2. The number of fused-ring (bicyclic) bond motifs is 5. The summed E-state index contributed by atoms with van der Waals surface area (Å²) in [6.45, 7) is 0.505. The topological polar surface area (TPSA) is 94.2 Å². The SMILES string of the molecule is CSc1nc2c(F)c(-c3cccc(Cl)c3Cl)c(CCC#N)cc2c2c1cc([C@H]1C[C@H]3C[C@H]3N1)n2[C@H]1[C@@H]2C[C@H]1N(C(=O)O)C2. The number of nitrogens with zero attached hydrogens (tertiary/aromatic N) is 4. The molecule has 0 radical (unpaired) electrons. The fourth-order valence-electron chi connectivity index (χ4n) is 7.99. The van der Waals surface area contributed by atoms with Crippen molar-refractivity contribution in [3.8, 4) is 17.2 Å². The molecule has 7 nitrogen and oxygen atoms in total. The van der Waals surface area contributed by atoms with Crippen molar-refractivity contribution in [2.75, 3.05) is 12.8 Å². The first kappa shape index (κ1) is 27.5. The lowest BCUT2D eigenvalue weighted by Gasteiger charge is -2.39. The number of hydrogen-bond acceptors (Lipinski definition) is 5. The Morgan fingerprint density at radius 2 is 2.07 bits per heavy atom. The van der Waals surface area contributed by atoms with Crippen LogP contribution in [0.5, 0.6) is 0 Å². The number of aryl methyl sites for hydroxylation is 1. The number of amides is 1. The van der Waals surface area contributed by atoms with E-state index in [2.05, 4.69) is 22.0 Å². The van der Waals surface area contributed by atoms with Crippen molar-refractivity contribution in [3.63, 3.8) is 0 Å². The Kier molecular flexibility index (Phi) is 6.40. The number of thioether (sulfide) groups is 1. The van der Waals surface area contributed by atoms with Gasteiger partial charge >= 0.3 is 6.09 Å². The van der Waals surface area contributed by atoms with E-state index >= 15 is 4.39 Å². The van der Waals surface area contributed by atoms with Crippen LogP contribution >= 0.6 is 35.0 Å². The van der Waals surface area contributed by atoms with Gasteiger partial charge in [0.2, 0.25) is 0 Å². The Balaban J connectivity index is 1.43. The van der Waals surface area contributed by atoms with Crippen molar-refractivity contribution in [1.29, 1.82) is 5.26 Å². The number of carboxylic acid groups (broad SMARTS) is 1. The number of piperidine rings is 1. The zero-order valence-electron chi connectivity index (χ0n) is 23.3. The van der Waals surface area contributed by atoms with Gasteiger partial charge in [0.15, 0.2) is 5.82 Å². The van der Waals surface area contributed by atoms with Crippen LogP contribution in [0.1, 0.15) is 49.0 Å². The molecule has 43 heavy (non-hydrogen) atoms. The van der Waals surface area contributed by atoms with Gasteiger partial charge in [0.05, 0.1) is 33.7 Å². The minimum atomic E-state index is -0.891. The number of benzene rings is 2. The molecule has 6 atom stereocenters. The van der Waals surface area contributed by atoms with Gasteiger partial charge in [0.1, 0.15) is 10.5 Å². The molecule has 2 aromatic heterocycles. The maximum atomic E-state index is 17.0. The Hall–Kier alpha value is -3.03. The number of halogens is 3. The Bertz CT molecular complexity index is 1900. The molecule has 11 heteroatoms. The number of hydrogen-bond donors (Lipinski definition) is 2. The van der Waals surface area contributed by atoms with E-state index in [1.165, 1.54) is 18.2 Å². The zero-order chi connectivity index (χ0) is 29.7. The quantitative estimate of drug-likeness (QED) is 0.210. The highest BCUT2D eigenvalue weighted by atomic mass is 35.5. The summed E-state index contributed by atoms with van der Waals surface area (Å²) in [5.41, 5.74) is 3.69. The average molecular weight is 637 g/mol. The second kappa shape index (κ2) is 10.00. The van der Waals surface area contributed by atoms with Crippen LogP contribution in [0.2, 0.25) is 10.0 Å². The minimum Gasteiger partial charge on any atom is -0.465 e. The molecule has 2 aromatic carbocycles. The third-order valence-corrected chi connectivity index (χ3v) is 11.6. The van der Waals surface area contributed by atoms with Crippen LogP contribution in [-0.4, -0.2) is 50.5 Å². The standard InChI is InChI=1S/C32H28Cl2FN5O2S/c1-43-31-19-12-23(22-10-15-9-21(15)37-22)40(29-16-11-24(29)39(13-16)32(41)42)30(19)18-8-14(4-3-7-36)25(27(35)28(18)38-31)17-5-2-6-20(33)26(17)34/h2,5-6,8,12,15-16,21-22,24,29,37H,3-4,9-11,13H2,1H3,(H,41,42)/t15-,16-,21-,22-,24-,29+/m1/s1. The summed E-state index contributed by atoms with van der Waals surface area (Å²) in [4.78, 5) is 18.6. The van der Waals surface area contributed by atoms with Crippen LogP contribution in [0.3, 0.4) is 0 Å². The molecule has 220 valence electrons. The van der Waals surface area contributed by atoms with Crippen LogP contribution in [0.25, 0.3) is 32.9 Å². The van der Waals surface area contributed by atoms with Gasteiger partial charge in [0, 0.05) is 58.6 Å². The molecule has 4 aromatic rings. The van der Waals surface area contributed by atoms with Crippen LogP contribution in [-0.2, 0) is 6.42 Å². The molecular formula is C32H28Cl2FN5O2S. The van der Waals surface area contributed by atoms with E-state index < -0.39 is 11.9 Å². The molecule has 2 aliphatic carbocycles. The predicted octanol–water partition coefficient (Wildman–Crippen LogP) is 7.83. The third-order valence-electron chi connectivity index (χ3n) is 10.0. The molecule has 3 aliphatic heterocycles. The maximum absolute atomic E-state index is 17.0. The molecule has 5 heterocycles. The largest absolute Gasteiger partial charge is 0.465 e. The van der Waals surface area contributed by atoms with Gasteiger partial charge in [-0.3, -0.25) is 0 Å². The molecule has 2 N–H and O–H groups in total. The Labute approximate surface area is 261 Å². The molecule has 9 rings (SSSR count). The highest BCUT2D eigenvalue weighted by Gasteiger charge is 2.56. The molecular weight excluding hydrogens is 608 g/mol. The summed E-state index contributed by atoms with van der Waals surface area (Å²) in [6.07, 6.45) is 4.65. The summed E-state index contributed by atoms with van der Waals surface area (Å²) < 4.78 is 19.3. The van der Waals surface area contributed by atoms with Crippen LogP contribution in [0, 0.1) is 29.0 Å². The van der Waals surface area contributed by atoms with E-state index in [0.29, 0.717) is 52.0 Å². The van der Waals surface area contributed by atoms with Crippen LogP contribution in [0.15, 0.2) is 35.4 Å². The number of pyridine rings is 1. The highest BCUT2D eigenvalue weighted by molar-refractivity contribution is 7.98. The smallest absolute Gasteiger partial charge is 0.407 e. The maximum Gasteiger partial charge on any atom is 0.407 e. The van der Waals surface area contributed by atoms with Crippen LogP contribution < -0.4 is 5.32 Å². The third kappa shape index (κ3) is 4.03. The highest BCUT2D eigenvalue weighted by Crippen LogP contribution is 2.55. The summed E-state index contributed by atoms with van der Waals surface area (Å²) in [6, 6.07) is 12.0. The van der Waals surface area contributed by atoms with Gasteiger partial charge in [-0.25, -0.2) is 14.2 Å². The van der Waals surface area contributed by atoms with Crippen LogP contribution in [0.4, 0.5) is 9.18 Å². The molecule has 5 fully saturated rings. The number of nitrogens with one attached hydrogen (secondary N) is 1. The van der Waals surface area contributed by atoms with Crippen molar-refractivity contribution >= 4 is 62.9 Å². The second-order valence-electron chi connectivity index (χ2n) is 12.2. The van der Waals surface area contributed by atoms with Gasteiger partial charge in [-0.1, -0.05) is 35.3 Å². The predicted molar refractivity (Wildman–Crippen MR) is 166 cm³/mol. The van der Waals surface area contributed by atoms with Crippen molar-refractivity contribution in [3.05, 3.63) is 57.5 Å². The van der Waals surface area contributed by atoms with Crippen molar-refractivity contribution in [2.45, 2.75) is 61.3 Å². The van der Waals surface area contributed by atoms with Gasteiger partial charge in [-0.15, -0.1) is 11.8 Å². The van der Waals surface area contributed by atoms with Gasteiger partial charge in [-0.05, 0) is 61.6 Å². The molecule has 2 saturated carbocycles. The first-order chi connectivity index (χ1) is 20.8. The summed E-state index contributed by atoms with van der Waals surface area (Å²) >= 11 is 14.5. The molecule has 3 saturated heterocycles. The monoisotopic (exact) mass is 635 g/mol. The van der Waals surface area contributed by atoms with E-state index in [0.717, 1.165) is 34.5 Å². The number of carbonyl (C=O) groups is 1. The summed E-state index contributed by atoms with van der Waals surface area (Å²) in [5, 5.41) is 26.1. The Morgan fingerprint density at radius 1 is 1.23 bits per heavy atom. The average Bonchev–Trinajstić information content (AvgIpc) is 3.41. The van der Waals surface area contributed by atoms with Crippen molar-refractivity contribution < 1.29 is 14.3 Å². The number of rotatable bonds is 6. The first-order valence-corrected chi connectivity index (χ1v) is 16.6. The fraction of sp³-hybridized carbons (Fsp3) is 0.406. The molecule has 1 amide bonds. The van der Waals surface area contributed by atoms with E-state index in [4.69, 9.17) is 28.2 Å². The lowest BCUT2D eigenvalue weighted by Crippen LogP contribution is -2.43. The summed E-state index contributed by atoms with van der Waals surface area (Å²) in [7, 11) is 0. The van der Waals surface area contributed by atoms with E-state index in [-0.39, 0.29) is 41.0 Å². The van der Waals surface area contributed by atoms with Crippen molar-refractivity contribution in [2.24, 2.45) is 11.8 Å². The van der Waals surface area contributed by atoms with E-state index in [9.17, 15) is 15.2 Å². The summed E-state index contributed by atoms with van der Waals surface area (Å²) in [5.74, 6) is 0.366. The first-order valence-electron chi connectivity index (χ1n) is 14.6. The van der Waals surface area contributed by atoms with Gasteiger partial charge in [0.25, 0.3) is 0 Å². The molecule has 0 spiro atoms. The number of nitriles is 1. The normalized spacial score (nSPS) is 27.0. The van der Waals surface area contributed by atoms with Crippen molar-refractivity contribution in [1.82, 2.24) is 19.8 Å². The second-order valence-corrected chi connectivity index (χ2v) is 13.8. The minimum absolute atomic E-state index is 0.0321. The molecule has 5 aliphatic rings.